The van der Waals surface area contributed by atoms with Crippen molar-refractivity contribution in [1.82, 2.24) is 5.32 Å². The summed E-state index contributed by atoms with van der Waals surface area (Å²) in [6.07, 6.45) is 6.00. The molecule has 2 aliphatic rings. The molecule has 1 atom stereocenters. The average molecular weight is 329 g/mol. The first-order valence-corrected chi connectivity index (χ1v) is 7.68. The van der Waals surface area contributed by atoms with Crippen LogP contribution in [0.3, 0.4) is 0 Å². The van der Waals surface area contributed by atoms with Crippen LogP contribution >= 0.6 is 0 Å². The highest BCUT2D eigenvalue weighted by molar-refractivity contribution is 6.03. The van der Waals surface area contributed by atoms with E-state index in [0.717, 1.165) is 6.07 Å². The molecule has 1 aromatic carbocycles. The molecule has 1 amide bonds. The van der Waals surface area contributed by atoms with Crippen LogP contribution < -0.4 is 10.1 Å². The summed E-state index contributed by atoms with van der Waals surface area (Å²) in [5.74, 6) is 1.56. The number of nitrogens with one attached hydrogen (secondary N) is 1. The number of nitrogens with zero attached hydrogens (tertiary/aromatic N) is 2. The van der Waals surface area contributed by atoms with E-state index in [1.807, 2.05) is 0 Å². The average Bonchev–Trinajstić information content (AvgIpc) is 3.33. The molecule has 1 aromatic rings. The lowest BCUT2D eigenvalue weighted by molar-refractivity contribution is -0.128. The first kappa shape index (κ1) is 16.1. The zero-order valence-corrected chi connectivity index (χ0v) is 12.9. The minimum absolute atomic E-state index is 0.112. The molecule has 0 spiro atoms. The Labute approximate surface area is 138 Å². The molecule has 6 nitrogen and oxygen atoms in total. The lowest BCUT2D eigenvalue weighted by Gasteiger charge is -2.24. The number of amides is 1. The summed E-state index contributed by atoms with van der Waals surface area (Å²) in [5, 5.41) is 10.7. The highest BCUT2D eigenvalue weighted by atomic mass is 19.1. The van der Waals surface area contributed by atoms with E-state index < -0.39 is 17.6 Å². The minimum Gasteiger partial charge on any atom is -0.479 e. The molecule has 7 heteroatoms. The van der Waals surface area contributed by atoms with Gasteiger partial charge < -0.3 is 10.1 Å². The number of halogens is 1. The van der Waals surface area contributed by atoms with Gasteiger partial charge in [0, 0.05) is 25.8 Å². The molecule has 1 unspecified atom stereocenters. The van der Waals surface area contributed by atoms with Gasteiger partial charge in [0.2, 0.25) is 0 Å². The molecule has 2 heterocycles. The second-order valence-electron chi connectivity index (χ2n) is 5.80. The van der Waals surface area contributed by atoms with Crippen LogP contribution in [0.2, 0.25) is 0 Å². The summed E-state index contributed by atoms with van der Waals surface area (Å²) >= 11 is 0. The Morgan fingerprint density at radius 3 is 2.96 bits per heavy atom. The maximum atomic E-state index is 13.2. The Kier molecular flexibility index (Phi) is 4.30. The van der Waals surface area contributed by atoms with E-state index >= 15 is 0 Å². The van der Waals surface area contributed by atoms with Crippen LogP contribution in [0.1, 0.15) is 36.0 Å². The predicted octanol–water partition coefficient (Wildman–Crippen LogP) is 2.24. The number of carbonyl (C=O) groups is 2. The van der Waals surface area contributed by atoms with E-state index in [1.54, 1.807) is 0 Å². The molecule has 0 saturated heterocycles. The topological polar surface area (TPSA) is 80.1 Å². The van der Waals surface area contributed by atoms with Gasteiger partial charge in [-0.25, -0.2) is 4.39 Å². The maximum absolute atomic E-state index is 13.2. The van der Waals surface area contributed by atoms with Crippen molar-refractivity contribution in [3.05, 3.63) is 29.6 Å². The van der Waals surface area contributed by atoms with Crippen molar-refractivity contribution in [2.45, 2.75) is 37.5 Å². The van der Waals surface area contributed by atoms with Gasteiger partial charge in [0.1, 0.15) is 11.6 Å². The van der Waals surface area contributed by atoms with Crippen molar-refractivity contribution in [3.63, 3.8) is 0 Å². The van der Waals surface area contributed by atoms with E-state index in [-0.39, 0.29) is 29.4 Å². The molecule has 2 aliphatic heterocycles. The lowest BCUT2D eigenvalue weighted by Crippen LogP contribution is -2.43. The number of benzene rings is 1. The van der Waals surface area contributed by atoms with Crippen LogP contribution in [-0.4, -0.2) is 30.0 Å². The van der Waals surface area contributed by atoms with Gasteiger partial charge in [-0.2, -0.15) is 10.2 Å². The van der Waals surface area contributed by atoms with Crippen LogP contribution in [0.25, 0.3) is 0 Å². The number of hydrogen-bond donors (Lipinski definition) is 1. The summed E-state index contributed by atoms with van der Waals surface area (Å²) < 4.78 is 18.7. The number of terminal acetylenes is 1. The van der Waals surface area contributed by atoms with Gasteiger partial charge in [-0.3, -0.25) is 9.59 Å². The Morgan fingerprint density at radius 1 is 1.46 bits per heavy atom. The molecule has 0 radical (unpaired) electrons. The van der Waals surface area contributed by atoms with Gasteiger partial charge in [0.05, 0.1) is 12.0 Å². The summed E-state index contributed by atoms with van der Waals surface area (Å²) in [6, 6.07) is 3.67. The van der Waals surface area contributed by atoms with E-state index in [9.17, 15) is 14.0 Å². The molecule has 0 aliphatic carbocycles. The Balaban J connectivity index is 1.52. The van der Waals surface area contributed by atoms with Gasteiger partial charge in [-0.1, -0.05) is 0 Å². The molecule has 24 heavy (non-hydrogen) atoms. The number of hydrogen-bond acceptors (Lipinski definition) is 5. The van der Waals surface area contributed by atoms with Crippen molar-refractivity contribution in [2.24, 2.45) is 10.2 Å². The van der Waals surface area contributed by atoms with Crippen LogP contribution in [-0.2, 0) is 4.79 Å². The zero-order valence-electron chi connectivity index (χ0n) is 12.9. The first-order chi connectivity index (χ1) is 11.5. The van der Waals surface area contributed by atoms with Gasteiger partial charge in [0.25, 0.3) is 5.91 Å². The smallest absolute Gasteiger partial charge is 0.261 e. The van der Waals surface area contributed by atoms with Crippen molar-refractivity contribution in [3.8, 4) is 18.1 Å². The van der Waals surface area contributed by atoms with Crippen molar-refractivity contribution in [1.29, 1.82) is 0 Å². The number of ketones is 1. The zero-order chi connectivity index (χ0) is 17.2. The van der Waals surface area contributed by atoms with Crippen LogP contribution in [0, 0.1) is 18.2 Å². The number of fused-ring (bicyclic) bond motifs is 1. The molecule has 0 saturated carbocycles. The van der Waals surface area contributed by atoms with E-state index in [1.165, 1.54) is 12.1 Å². The van der Waals surface area contributed by atoms with E-state index in [0.29, 0.717) is 25.8 Å². The molecule has 3 rings (SSSR count). The Morgan fingerprint density at radius 2 is 2.25 bits per heavy atom. The number of carbonyl (C=O) groups excluding carboxylic acids is 2. The lowest BCUT2D eigenvalue weighted by atomic mass is 10.00. The largest absolute Gasteiger partial charge is 0.479 e. The normalized spacial score (nSPS) is 19.8. The van der Waals surface area contributed by atoms with E-state index in [2.05, 4.69) is 21.5 Å². The van der Waals surface area contributed by atoms with Crippen molar-refractivity contribution >= 4 is 11.7 Å². The van der Waals surface area contributed by atoms with Gasteiger partial charge in [0.15, 0.2) is 17.6 Å². The minimum atomic E-state index is -0.912. The quantitative estimate of drug-likeness (QED) is 0.813. The summed E-state index contributed by atoms with van der Waals surface area (Å²) in [7, 11) is 0. The maximum Gasteiger partial charge on any atom is 0.261 e. The molecule has 0 bridgehead atoms. The molecule has 124 valence electrons. The van der Waals surface area contributed by atoms with Crippen LogP contribution in [0.15, 0.2) is 28.4 Å². The van der Waals surface area contributed by atoms with Crippen LogP contribution in [0.5, 0.6) is 5.75 Å². The predicted molar refractivity (Wildman–Crippen MR) is 83.0 cm³/mol. The van der Waals surface area contributed by atoms with Gasteiger partial charge in [-0.15, -0.1) is 12.3 Å². The number of Topliss-reactive ketones (excluding diaryl/α,β-unsaturated/α-hetero) is 1. The van der Waals surface area contributed by atoms with Crippen molar-refractivity contribution in [2.75, 3.05) is 6.54 Å². The third-order valence-electron chi connectivity index (χ3n) is 4.05. The fourth-order valence-electron chi connectivity index (χ4n) is 2.61. The van der Waals surface area contributed by atoms with Gasteiger partial charge >= 0.3 is 0 Å². The summed E-state index contributed by atoms with van der Waals surface area (Å²) in [6.45, 7) is 0.362. The molecule has 0 aromatic heterocycles. The second-order valence-corrected chi connectivity index (χ2v) is 5.80. The Bertz CT molecular complexity index is 748. The Hall–Kier alpha value is -2.75. The fraction of sp³-hybridized carbons (Fsp3) is 0.412. The first-order valence-electron chi connectivity index (χ1n) is 7.68. The molecular weight excluding hydrogens is 313 g/mol. The SMILES string of the molecule is C#CCCC1(CCNC(=O)C2CC(=O)c3cc(F)ccc3O2)N=N1. The van der Waals surface area contributed by atoms with E-state index in [4.69, 9.17) is 11.2 Å². The molecule has 0 fully saturated rings. The number of rotatable bonds is 6. The summed E-state index contributed by atoms with van der Waals surface area (Å²) in [4.78, 5) is 24.2. The third-order valence-corrected chi connectivity index (χ3v) is 4.05. The summed E-state index contributed by atoms with van der Waals surface area (Å²) in [5.41, 5.74) is -0.296. The van der Waals surface area contributed by atoms with Crippen LogP contribution in [0.4, 0.5) is 4.39 Å². The molecular formula is C17H16FN3O3. The fourth-order valence-corrected chi connectivity index (χ4v) is 2.61. The number of ether oxygens (including phenoxy) is 1. The van der Waals surface area contributed by atoms with Gasteiger partial charge in [-0.05, 0) is 18.2 Å². The third kappa shape index (κ3) is 3.43. The second kappa shape index (κ2) is 6.40. The highest BCUT2D eigenvalue weighted by Gasteiger charge is 2.39. The standard InChI is InChI=1S/C17H16FN3O3/c1-2-3-6-17(20-21-17)7-8-19-16(23)15-10-13(22)12-9-11(18)4-5-14(12)24-15/h1,4-5,9,15H,3,6-8,10H2,(H,19,23). The monoisotopic (exact) mass is 329 g/mol. The molecule has 1 N–H and O–H groups in total. The van der Waals surface area contributed by atoms with Crippen molar-refractivity contribution < 1.29 is 18.7 Å². The highest BCUT2D eigenvalue weighted by Crippen LogP contribution is 2.36.